The van der Waals surface area contributed by atoms with Crippen molar-refractivity contribution in [2.24, 2.45) is 11.8 Å². The Morgan fingerprint density at radius 1 is 1.04 bits per heavy atom. The highest BCUT2D eigenvalue weighted by Gasteiger charge is 2.34. The molecule has 4 heterocycles. The lowest BCUT2D eigenvalue weighted by Crippen LogP contribution is -2.52. The standard InChI is InChI=1S/C20H31N5O/c26-19(17-7-4-13-25(15-17)20-21-9-5-10-22-20)23-14-16-6-3-12-24-11-2-1-8-18(16)24/h5,9-10,16-18H,1-4,6-8,11-15H2,(H,23,26)/t16-,17-,18+/m0/s1. The Labute approximate surface area is 156 Å². The molecule has 1 N–H and O–H groups in total. The number of fused-ring (bicyclic) bond motifs is 1. The molecule has 0 bridgehead atoms. The molecule has 26 heavy (non-hydrogen) atoms. The molecule has 1 amide bonds. The number of amides is 1. The summed E-state index contributed by atoms with van der Waals surface area (Å²) >= 11 is 0. The van der Waals surface area contributed by atoms with Gasteiger partial charge in [-0.05, 0) is 63.6 Å². The Morgan fingerprint density at radius 2 is 1.85 bits per heavy atom. The van der Waals surface area contributed by atoms with Crippen molar-refractivity contribution in [3.05, 3.63) is 18.5 Å². The number of nitrogens with zero attached hydrogens (tertiary/aromatic N) is 4. The molecule has 3 saturated heterocycles. The van der Waals surface area contributed by atoms with Crippen LogP contribution in [0.3, 0.4) is 0 Å². The summed E-state index contributed by atoms with van der Waals surface area (Å²) in [7, 11) is 0. The molecule has 0 saturated carbocycles. The van der Waals surface area contributed by atoms with Crippen molar-refractivity contribution in [3.63, 3.8) is 0 Å². The van der Waals surface area contributed by atoms with Crippen molar-refractivity contribution in [3.8, 4) is 0 Å². The Bertz CT molecular complexity index is 593. The lowest BCUT2D eigenvalue weighted by atomic mass is 9.83. The first kappa shape index (κ1) is 17.7. The molecule has 4 rings (SSSR count). The first-order valence-electron chi connectivity index (χ1n) is 10.3. The maximum Gasteiger partial charge on any atom is 0.225 e. The van der Waals surface area contributed by atoms with Gasteiger partial charge in [-0.15, -0.1) is 0 Å². The first-order chi connectivity index (χ1) is 12.8. The van der Waals surface area contributed by atoms with Gasteiger partial charge in [0, 0.05) is 38.1 Å². The predicted molar refractivity (Wildman–Crippen MR) is 102 cm³/mol. The fourth-order valence-electron chi connectivity index (χ4n) is 5.02. The third kappa shape index (κ3) is 4.00. The van der Waals surface area contributed by atoms with Crippen LogP contribution in [0.2, 0.25) is 0 Å². The van der Waals surface area contributed by atoms with Crippen LogP contribution in [0.25, 0.3) is 0 Å². The lowest BCUT2D eigenvalue weighted by Gasteiger charge is -2.44. The molecule has 3 atom stereocenters. The fourth-order valence-corrected chi connectivity index (χ4v) is 5.02. The van der Waals surface area contributed by atoms with E-state index in [0.29, 0.717) is 12.0 Å². The number of anilines is 1. The van der Waals surface area contributed by atoms with E-state index in [1.165, 1.54) is 45.2 Å². The molecule has 142 valence electrons. The summed E-state index contributed by atoms with van der Waals surface area (Å²) in [6, 6.07) is 2.52. The minimum Gasteiger partial charge on any atom is -0.355 e. The zero-order chi connectivity index (χ0) is 17.8. The summed E-state index contributed by atoms with van der Waals surface area (Å²) < 4.78 is 0. The normalized spacial score (nSPS) is 29.8. The number of hydrogen-bond donors (Lipinski definition) is 1. The summed E-state index contributed by atoms with van der Waals surface area (Å²) in [5.41, 5.74) is 0. The minimum absolute atomic E-state index is 0.0543. The van der Waals surface area contributed by atoms with E-state index in [4.69, 9.17) is 0 Å². The van der Waals surface area contributed by atoms with Gasteiger partial charge in [0.15, 0.2) is 0 Å². The number of rotatable bonds is 4. The van der Waals surface area contributed by atoms with Gasteiger partial charge in [-0.2, -0.15) is 0 Å². The summed E-state index contributed by atoms with van der Waals surface area (Å²) in [5, 5.41) is 3.29. The van der Waals surface area contributed by atoms with Gasteiger partial charge in [-0.3, -0.25) is 4.79 Å². The molecule has 1 aromatic heterocycles. The van der Waals surface area contributed by atoms with Crippen molar-refractivity contribution >= 4 is 11.9 Å². The number of aromatic nitrogens is 2. The van der Waals surface area contributed by atoms with Gasteiger partial charge in [0.2, 0.25) is 11.9 Å². The van der Waals surface area contributed by atoms with Crippen molar-refractivity contribution in [1.29, 1.82) is 0 Å². The van der Waals surface area contributed by atoms with Crippen molar-refractivity contribution < 1.29 is 4.79 Å². The minimum atomic E-state index is 0.0543. The molecule has 0 unspecified atom stereocenters. The highest BCUT2D eigenvalue weighted by Crippen LogP contribution is 2.30. The molecule has 1 aromatic rings. The van der Waals surface area contributed by atoms with Crippen LogP contribution in [0.1, 0.15) is 44.9 Å². The summed E-state index contributed by atoms with van der Waals surface area (Å²) in [4.78, 5) is 26.3. The second-order valence-corrected chi connectivity index (χ2v) is 8.08. The first-order valence-corrected chi connectivity index (χ1v) is 10.3. The summed E-state index contributed by atoms with van der Waals surface area (Å²) in [6.07, 6.45) is 12.1. The lowest BCUT2D eigenvalue weighted by molar-refractivity contribution is -0.125. The molecule has 6 nitrogen and oxygen atoms in total. The van der Waals surface area contributed by atoms with E-state index in [0.717, 1.165) is 38.4 Å². The largest absolute Gasteiger partial charge is 0.355 e. The number of carbonyl (C=O) groups is 1. The van der Waals surface area contributed by atoms with Gasteiger partial charge >= 0.3 is 0 Å². The van der Waals surface area contributed by atoms with Crippen LogP contribution >= 0.6 is 0 Å². The van der Waals surface area contributed by atoms with Crippen LogP contribution in [0, 0.1) is 11.8 Å². The number of nitrogens with one attached hydrogen (secondary N) is 1. The summed E-state index contributed by atoms with van der Waals surface area (Å²) in [6.45, 7) is 5.02. The zero-order valence-corrected chi connectivity index (χ0v) is 15.6. The molecule has 3 aliphatic heterocycles. The fraction of sp³-hybridized carbons (Fsp3) is 0.750. The monoisotopic (exact) mass is 357 g/mol. The summed E-state index contributed by atoms with van der Waals surface area (Å²) in [5.74, 6) is 1.65. The Morgan fingerprint density at radius 3 is 2.73 bits per heavy atom. The highest BCUT2D eigenvalue weighted by atomic mass is 16.1. The van der Waals surface area contributed by atoms with Crippen molar-refractivity contribution in [2.75, 3.05) is 37.6 Å². The van der Waals surface area contributed by atoms with Crippen LogP contribution in [0.5, 0.6) is 0 Å². The molecule has 3 aliphatic rings. The van der Waals surface area contributed by atoms with E-state index >= 15 is 0 Å². The molecule has 0 aliphatic carbocycles. The Balaban J connectivity index is 1.30. The third-order valence-corrected chi connectivity index (χ3v) is 6.39. The van der Waals surface area contributed by atoms with Gasteiger partial charge in [0.05, 0.1) is 5.92 Å². The average molecular weight is 358 g/mol. The molecular formula is C20H31N5O. The van der Waals surface area contributed by atoms with Crippen LogP contribution in [-0.4, -0.2) is 59.5 Å². The maximum atomic E-state index is 12.8. The number of hydrogen-bond acceptors (Lipinski definition) is 5. The second kappa shape index (κ2) is 8.33. The topological polar surface area (TPSA) is 61.4 Å². The van der Waals surface area contributed by atoms with E-state index in [1.807, 2.05) is 6.07 Å². The Hall–Kier alpha value is -1.69. The van der Waals surface area contributed by atoms with Gasteiger partial charge in [-0.25, -0.2) is 9.97 Å². The van der Waals surface area contributed by atoms with Crippen LogP contribution < -0.4 is 10.2 Å². The van der Waals surface area contributed by atoms with Crippen molar-refractivity contribution in [2.45, 2.75) is 51.0 Å². The van der Waals surface area contributed by atoms with E-state index in [2.05, 4.69) is 25.1 Å². The van der Waals surface area contributed by atoms with Gasteiger partial charge in [0.1, 0.15) is 0 Å². The van der Waals surface area contributed by atoms with E-state index in [1.54, 1.807) is 12.4 Å². The van der Waals surface area contributed by atoms with Gasteiger partial charge in [0.25, 0.3) is 0 Å². The van der Waals surface area contributed by atoms with E-state index in [9.17, 15) is 4.79 Å². The van der Waals surface area contributed by atoms with Crippen molar-refractivity contribution in [1.82, 2.24) is 20.2 Å². The quantitative estimate of drug-likeness (QED) is 0.894. The SMILES string of the molecule is O=C(NC[C@@H]1CCCN2CCCC[C@H]12)[C@H]1CCCN(c2ncccn2)C1. The molecule has 6 heteroatoms. The Kier molecular flexibility index (Phi) is 5.68. The molecule has 0 aromatic carbocycles. The number of piperidine rings is 3. The third-order valence-electron chi connectivity index (χ3n) is 6.39. The average Bonchev–Trinajstić information content (AvgIpc) is 2.72. The molecule has 0 spiro atoms. The highest BCUT2D eigenvalue weighted by molar-refractivity contribution is 5.79. The smallest absolute Gasteiger partial charge is 0.225 e. The van der Waals surface area contributed by atoms with Crippen LogP contribution in [0.15, 0.2) is 18.5 Å². The van der Waals surface area contributed by atoms with Crippen LogP contribution in [-0.2, 0) is 4.79 Å². The number of carbonyl (C=O) groups excluding carboxylic acids is 1. The van der Waals surface area contributed by atoms with Gasteiger partial charge in [-0.1, -0.05) is 6.42 Å². The second-order valence-electron chi connectivity index (χ2n) is 8.08. The van der Waals surface area contributed by atoms with Gasteiger partial charge < -0.3 is 15.1 Å². The maximum absolute atomic E-state index is 12.8. The van der Waals surface area contributed by atoms with E-state index in [-0.39, 0.29) is 11.8 Å². The zero-order valence-electron chi connectivity index (χ0n) is 15.6. The molecule has 3 fully saturated rings. The van der Waals surface area contributed by atoms with E-state index < -0.39 is 0 Å². The molecule has 0 radical (unpaired) electrons. The van der Waals surface area contributed by atoms with Crippen LogP contribution in [0.4, 0.5) is 5.95 Å². The predicted octanol–water partition coefficient (Wildman–Crippen LogP) is 2.07. The molecular weight excluding hydrogens is 326 g/mol.